The minimum atomic E-state index is 0. The van der Waals surface area contributed by atoms with Crippen LogP contribution >= 0.6 is 0 Å². The van der Waals surface area contributed by atoms with E-state index in [1.165, 1.54) is 0 Å². The Kier molecular flexibility index (Phi) is 108. The van der Waals surface area contributed by atoms with Gasteiger partial charge in [-0.1, -0.05) is 0 Å². The third kappa shape index (κ3) is 9.01. The third-order valence-corrected chi connectivity index (χ3v) is 0. The maximum atomic E-state index is 0. The first kappa shape index (κ1) is 26.5. The van der Waals surface area contributed by atoms with Gasteiger partial charge in [-0.3, -0.25) is 0 Å². The van der Waals surface area contributed by atoms with Gasteiger partial charge >= 0.3 is 83.2 Å². The maximum Gasteiger partial charge on any atom is 2.00 e. The van der Waals surface area contributed by atoms with Crippen molar-refractivity contribution in [2.24, 2.45) is 0 Å². The summed E-state index contributed by atoms with van der Waals surface area (Å²) >= 11 is 0. The number of rotatable bonds is 0. The Bertz CT molecular complexity index is 6.00. The van der Waals surface area contributed by atoms with E-state index in [1.807, 2.05) is 0 Å². The Morgan fingerprint density at radius 1 is 0.750 bits per heavy atom. The zero-order chi connectivity index (χ0) is 0. The van der Waals surface area contributed by atoms with Crippen LogP contribution in [0, 0.1) is 0 Å². The summed E-state index contributed by atoms with van der Waals surface area (Å²) in [6.45, 7) is 0. The van der Waals surface area contributed by atoms with Crippen LogP contribution in [-0.2, 0) is 0 Å². The molecule has 0 spiro atoms. The van der Waals surface area contributed by atoms with Crippen molar-refractivity contribution in [1.29, 1.82) is 0 Å². The minimum absolute atomic E-state index is 0. The Hall–Kier alpha value is 3.32. The van der Waals surface area contributed by atoms with Gasteiger partial charge in [0, 0.05) is 0 Å². The van der Waals surface area contributed by atoms with Crippen LogP contribution in [0.4, 0.5) is 0 Å². The summed E-state index contributed by atoms with van der Waals surface area (Å²) in [6, 6.07) is 0. The van der Waals surface area contributed by atoms with E-state index in [0.29, 0.717) is 0 Å². The molecule has 0 saturated carbocycles. The predicted molar refractivity (Wildman–Crippen MR) is 11.5 cm³/mol. The van der Waals surface area contributed by atoms with Gasteiger partial charge in [-0.2, -0.15) is 0 Å². The van der Waals surface area contributed by atoms with Crippen LogP contribution < -0.4 is 24.8 Å². The molecule has 0 aliphatic carbocycles. The molecule has 0 amide bonds. The minimum Gasteiger partial charge on any atom is -1.00 e. The van der Waals surface area contributed by atoms with Crippen molar-refractivity contribution in [2.45, 2.75) is 0 Å². The monoisotopic (exact) mass is 198 g/mol. The van der Waals surface area contributed by atoms with Crippen LogP contribution in [0.5, 0.6) is 0 Å². The molecule has 0 radical (unpaired) electrons. The Morgan fingerprint density at radius 3 is 0.750 bits per heavy atom. The molecule has 0 atom stereocenters. The molecule has 0 rings (SSSR count). The molecule has 0 aromatic carbocycles. The topological polar surface area (TPSA) is 0 Å². The van der Waals surface area contributed by atoms with Crippen molar-refractivity contribution >= 4 is 83.2 Å². The van der Waals surface area contributed by atoms with Gasteiger partial charge in [0.05, 0.1) is 0 Å². The van der Waals surface area contributed by atoms with E-state index >= 15 is 0 Å². The average molecular weight is 199 g/mol. The van der Waals surface area contributed by atoms with Gasteiger partial charge in [0.2, 0.25) is 0 Å². The normalized spacial score (nSPS) is 0. The molecule has 0 aromatic rings. The summed E-state index contributed by atoms with van der Waals surface area (Å²) < 4.78 is 0. The molecule has 16 valence electrons. The first-order valence-electron chi connectivity index (χ1n) is 0. The fourth-order valence-corrected chi connectivity index (χ4v) is 0. The Morgan fingerprint density at radius 2 is 0.750 bits per heavy atom. The molecular weight excluding hydrogens is 199 g/mol. The summed E-state index contributed by atoms with van der Waals surface area (Å²) in [4.78, 5) is 0. The zero-order valence-corrected chi connectivity index (χ0v) is 9.37. The second-order valence-corrected chi connectivity index (χ2v) is 0. The van der Waals surface area contributed by atoms with Crippen molar-refractivity contribution < 1.29 is 24.8 Å². The van der Waals surface area contributed by atoms with E-state index in [4.69, 9.17) is 0 Å². The van der Waals surface area contributed by atoms with E-state index in [2.05, 4.69) is 0 Å². The van der Waals surface area contributed by atoms with E-state index in [0.717, 1.165) is 0 Å². The molecule has 4 heteroatoms. The van der Waals surface area contributed by atoms with Crippen molar-refractivity contribution in [3.8, 4) is 0 Å². The molecule has 0 unspecified atom stereocenters. The summed E-state index contributed by atoms with van der Waals surface area (Å²) in [5.74, 6) is 0. The predicted octanol–water partition coefficient (Wildman–Crippen LogP) is -6.75. The van der Waals surface area contributed by atoms with Gasteiger partial charge < -0.3 is 24.8 Å². The number of halogens is 2. The van der Waals surface area contributed by atoms with Crippen LogP contribution in [-0.4, -0.2) is 83.2 Å². The van der Waals surface area contributed by atoms with Crippen molar-refractivity contribution in [3.05, 3.63) is 0 Å². The van der Waals surface area contributed by atoms with Gasteiger partial charge in [-0.15, -0.1) is 0 Å². The smallest absolute Gasteiger partial charge is 1.00 e. The SMILES string of the molecule is [Ca+2].[Cl-].[Cl-].[Sr+2]. The van der Waals surface area contributed by atoms with Crippen molar-refractivity contribution in [2.75, 3.05) is 0 Å². The fourth-order valence-electron chi connectivity index (χ4n) is 0. The second-order valence-electron chi connectivity index (χ2n) is 0. The van der Waals surface area contributed by atoms with Crippen LogP contribution in [0.3, 0.4) is 0 Å². The fraction of sp³-hybridized carbons (Fsp3) is 0. The van der Waals surface area contributed by atoms with Gasteiger partial charge in [0.1, 0.15) is 0 Å². The van der Waals surface area contributed by atoms with Crippen molar-refractivity contribution in [3.63, 3.8) is 0 Å². The molecule has 0 aliphatic heterocycles. The number of hydrogen-bond acceptors (Lipinski definition) is 0. The van der Waals surface area contributed by atoms with Gasteiger partial charge in [-0.05, 0) is 0 Å². The van der Waals surface area contributed by atoms with E-state index < -0.39 is 0 Å². The van der Waals surface area contributed by atoms with Crippen LogP contribution in [0.1, 0.15) is 0 Å². The summed E-state index contributed by atoms with van der Waals surface area (Å²) in [5.41, 5.74) is 0. The molecule has 0 aromatic heterocycles. The van der Waals surface area contributed by atoms with E-state index in [1.54, 1.807) is 0 Å². The van der Waals surface area contributed by atoms with E-state index in [9.17, 15) is 0 Å². The van der Waals surface area contributed by atoms with Gasteiger partial charge in [-0.25, -0.2) is 0 Å². The van der Waals surface area contributed by atoms with Gasteiger partial charge in [0.15, 0.2) is 0 Å². The first-order chi connectivity index (χ1) is 0. The first-order valence-corrected chi connectivity index (χ1v) is 0. The summed E-state index contributed by atoms with van der Waals surface area (Å²) in [7, 11) is 0. The van der Waals surface area contributed by atoms with Crippen LogP contribution in [0.25, 0.3) is 0 Å². The second kappa shape index (κ2) is 16.2. The standard InChI is InChI=1S/Ca.2ClH.Sr/h;2*1H;/q+2;;;+2/p-2. The molecule has 0 heterocycles. The quantitative estimate of drug-likeness (QED) is 0.340. The third-order valence-electron chi connectivity index (χ3n) is 0. The van der Waals surface area contributed by atoms with Gasteiger partial charge in [0.25, 0.3) is 0 Å². The van der Waals surface area contributed by atoms with Crippen LogP contribution in [0.2, 0.25) is 0 Å². The molecule has 4 heavy (non-hydrogen) atoms. The van der Waals surface area contributed by atoms with E-state index in [-0.39, 0.29) is 108 Å². The zero-order valence-electron chi connectivity index (χ0n) is 2.17. The van der Waals surface area contributed by atoms with Crippen molar-refractivity contribution in [1.82, 2.24) is 0 Å². The molecule has 0 nitrogen and oxygen atoms in total. The Balaban J connectivity index is 0. The van der Waals surface area contributed by atoms with Crippen LogP contribution in [0.15, 0.2) is 0 Å². The molecule has 0 N–H and O–H groups in total. The maximum absolute atomic E-state index is 0. The molecule has 0 aliphatic rings. The molecular formula is CaCl2Sr+2. The summed E-state index contributed by atoms with van der Waals surface area (Å²) in [5, 5.41) is 0. The summed E-state index contributed by atoms with van der Waals surface area (Å²) in [6.07, 6.45) is 0. The molecule has 0 saturated heterocycles. The Labute approximate surface area is 105 Å². The molecule has 0 fully saturated rings. The largest absolute Gasteiger partial charge is 2.00 e. The molecule has 0 bridgehead atoms. The average Bonchev–Trinajstić information content (AvgIpc) is 0. The number of hydrogen-bond donors (Lipinski definition) is 0.